The van der Waals surface area contributed by atoms with Gasteiger partial charge in [-0.3, -0.25) is 9.59 Å². The number of allylic oxidation sites excluding steroid dienone is 2. The summed E-state index contributed by atoms with van der Waals surface area (Å²) in [5.41, 5.74) is 1.85. The summed E-state index contributed by atoms with van der Waals surface area (Å²) in [7, 11) is 0. The van der Waals surface area contributed by atoms with Gasteiger partial charge >= 0.3 is 5.97 Å². The lowest BCUT2D eigenvalue weighted by Crippen LogP contribution is -2.36. The Morgan fingerprint density at radius 3 is 2.52 bits per heavy atom. The minimum absolute atomic E-state index is 0.0146. The molecule has 0 saturated heterocycles. The molecule has 128 valence electrons. The third-order valence-electron chi connectivity index (χ3n) is 5.12. The minimum atomic E-state index is -0.891. The highest BCUT2D eigenvalue weighted by Gasteiger charge is 2.51. The van der Waals surface area contributed by atoms with E-state index in [4.69, 9.17) is 0 Å². The van der Waals surface area contributed by atoms with Gasteiger partial charge in [-0.05, 0) is 25.2 Å². The SMILES string of the molecule is Cc1sc(NC(=O)[C@@H]2[C@@H](C(=O)O)[C@H]3C=C[C@@H]2C3)nc1-c1ccccc1. The van der Waals surface area contributed by atoms with Gasteiger partial charge in [-0.15, -0.1) is 11.3 Å². The second-order valence-corrected chi connectivity index (χ2v) is 7.82. The molecule has 0 radical (unpaired) electrons. The lowest BCUT2D eigenvalue weighted by atomic mass is 9.82. The summed E-state index contributed by atoms with van der Waals surface area (Å²) in [5, 5.41) is 12.9. The van der Waals surface area contributed by atoms with Crippen LogP contribution in [0.5, 0.6) is 0 Å². The fourth-order valence-corrected chi connectivity index (χ4v) is 4.86. The first-order valence-electron chi connectivity index (χ1n) is 8.29. The number of aromatic nitrogens is 1. The highest BCUT2D eigenvalue weighted by molar-refractivity contribution is 7.16. The highest BCUT2D eigenvalue weighted by Crippen LogP contribution is 2.48. The Hall–Kier alpha value is -2.47. The van der Waals surface area contributed by atoms with Crippen molar-refractivity contribution in [2.75, 3.05) is 5.32 Å². The second kappa shape index (κ2) is 6.11. The molecule has 1 fully saturated rings. The number of thiazole rings is 1. The smallest absolute Gasteiger partial charge is 0.307 e. The van der Waals surface area contributed by atoms with Gasteiger partial charge in [0.1, 0.15) is 0 Å². The zero-order valence-electron chi connectivity index (χ0n) is 13.7. The van der Waals surface area contributed by atoms with Crippen LogP contribution in [-0.2, 0) is 9.59 Å². The maximum absolute atomic E-state index is 12.7. The summed E-state index contributed by atoms with van der Waals surface area (Å²) in [6, 6.07) is 9.81. The van der Waals surface area contributed by atoms with Gasteiger partial charge in [0.2, 0.25) is 5.91 Å². The van der Waals surface area contributed by atoms with E-state index in [-0.39, 0.29) is 17.7 Å². The Balaban J connectivity index is 1.56. The van der Waals surface area contributed by atoms with Crippen LogP contribution in [0.25, 0.3) is 11.3 Å². The zero-order chi connectivity index (χ0) is 17.6. The van der Waals surface area contributed by atoms with Crippen molar-refractivity contribution in [2.45, 2.75) is 13.3 Å². The number of hydrogen-bond donors (Lipinski definition) is 2. The average molecular weight is 354 g/mol. The van der Waals surface area contributed by atoms with E-state index in [9.17, 15) is 14.7 Å². The first-order chi connectivity index (χ1) is 12.0. The number of fused-ring (bicyclic) bond motifs is 2. The quantitative estimate of drug-likeness (QED) is 0.823. The third kappa shape index (κ3) is 2.76. The molecule has 2 aromatic rings. The zero-order valence-corrected chi connectivity index (χ0v) is 14.5. The largest absolute Gasteiger partial charge is 0.481 e. The van der Waals surface area contributed by atoms with Crippen LogP contribution in [0.2, 0.25) is 0 Å². The summed E-state index contributed by atoms with van der Waals surface area (Å²) in [4.78, 5) is 29.9. The topological polar surface area (TPSA) is 79.3 Å². The monoisotopic (exact) mass is 354 g/mol. The number of carboxylic acid groups (broad SMARTS) is 1. The van der Waals surface area contributed by atoms with Crippen molar-refractivity contribution in [3.8, 4) is 11.3 Å². The van der Waals surface area contributed by atoms with Crippen LogP contribution in [0.15, 0.2) is 42.5 Å². The number of rotatable bonds is 4. The van der Waals surface area contributed by atoms with E-state index in [2.05, 4.69) is 10.3 Å². The highest BCUT2D eigenvalue weighted by atomic mass is 32.1. The molecular formula is C19H18N2O3S. The fraction of sp³-hybridized carbons (Fsp3) is 0.316. The molecule has 2 N–H and O–H groups in total. The van der Waals surface area contributed by atoms with E-state index in [1.807, 2.05) is 49.4 Å². The molecule has 2 bridgehead atoms. The van der Waals surface area contributed by atoms with Gasteiger partial charge in [-0.25, -0.2) is 4.98 Å². The number of benzene rings is 1. The molecule has 4 atom stereocenters. The molecule has 1 heterocycles. The van der Waals surface area contributed by atoms with Crippen molar-refractivity contribution in [3.63, 3.8) is 0 Å². The van der Waals surface area contributed by atoms with Crippen LogP contribution in [0.3, 0.4) is 0 Å². The Morgan fingerprint density at radius 1 is 1.16 bits per heavy atom. The Labute approximate surface area is 149 Å². The third-order valence-corrected chi connectivity index (χ3v) is 6.01. The van der Waals surface area contributed by atoms with Crippen molar-refractivity contribution in [2.24, 2.45) is 23.7 Å². The van der Waals surface area contributed by atoms with Gasteiger partial charge in [0.15, 0.2) is 5.13 Å². The molecule has 2 aliphatic carbocycles. The number of nitrogens with zero attached hydrogens (tertiary/aromatic N) is 1. The van der Waals surface area contributed by atoms with Crippen molar-refractivity contribution >= 4 is 28.3 Å². The molecule has 5 nitrogen and oxygen atoms in total. The number of nitrogens with one attached hydrogen (secondary N) is 1. The van der Waals surface area contributed by atoms with E-state index >= 15 is 0 Å². The number of carboxylic acids is 1. The second-order valence-electron chi connectivity index (χ2n) is 6.62. The number of hydrogen-bond acceptors (Lipinski definition) is 4. The van der Waals surface area contributed by atoms with E-state index < -0.39 is 17.8 Å². The van der Waals surface area contributed by atoms with E-state index in [1.54, 1.807) is 0 Å². The minimum Gasteiger partial charge on any atom is -0.481 e. The number of aryl methyl sites for hydroxylation is 1. The van der Waals surface area contributed by atoms with Crippen molar-refractivity contribution in [1.82, 2.24) is 4.98 Å². The summed E-state index contributed by atoms with van der Waals surface area (Å²) >= 11 is 1.42. The summed E-state index contributed by atoms with van der Waals surface area (Å²) in [5.74, 6) is -2.30. The van der Waals surface area contributed by atoms with Crippen molar-refractivity contribution in [1.29, 1.82) is 0 Å². The predicted molar refractivity (Wildman–Crippen MR) is 96.3 cm³/mol. The molecule has 6 heteroatoms. The first kappa shape index (κ1) is 16.0. The van der Waals surface area contributed by atoms with Crippen LogP contribution in [0.1, 0.15) is 11.3 Å². The van der Waals surface area contributed by atoms with Gasteiger partial charge < -0.3 is 10.4 Å². The van der Waals surface area contributed by atoms with Crippen LogP contribution in [-0.4, -0.2) is 22.0 Å². The van der Waals surface area contributed by atoms with Gasteiger partial charge in [0, 0.05) is 10.4 Å². The Morgan fingerprint density at radius 2 is 1.84 bits per heavy atom. The van der Waals surface area contributed by atoms with E-state index in [0.717, 1.165) is 22.6 Å². The maximum Gasteiger partial charge on any atom is 0.307 e. The molecule has 1 aromatic carbocycles. The number of amides is 1. The Bertz CT molecular complexity index is 859. The average Bonchev–Trinajstić information content (AvgIpc) is 3.29. The predicted octanol–water partition coefficient (Wildman–Crippen LogP) is 3.58. The molecule has 0 unspecified atom stereocenters. The maximum atomic E-state index is 12.7. The molecular weight excluding hydrogens is 336 g/mol. The Kier molecular flexibility index (Phi) is 3.92. The van der Waals surface area contributed by atoms with Crippen molar-refractivity contribution in [3.05, 3.63) is 47.4 Å². The van der Waals surface area contributed by atoms with Gasteiger partial charge in [0.05, 0.1) is 17.5 Å². The van der Waals surface area contributed by atoms with Crippen LogP contribution in [0, 0.1) is 30.6 Å². The fourth-order valence-electron chi connectivity index (χ4n) is 4.02. The molecule has 1 aromatic heterocycles. The van der Waals surface area contributed by atoms with Crippen LogP contribution >= 0.6 is 11.3 Å². The number of aliphatic carboxylic acids is 1. The summed E-state index contributed by atoms with van der Waals surface area (Å²) in [6.07, 6.45) is 4.67. The number of anilines is 1. The number of carbonyl (C=O) groups is 2. The summed E-state index contributed by atoms with van der Waals surface area (Å²) in [6.45, 7) is 1.97. The van der Waals surface area contributed by atoms with E-state index in [1.165, 1.54) is 11.3 Å². The van der Waals surface area contributed by atoms with Gasteiger partial charge in [-0.1, -0.05) is 42.5 Å². The summed E-state index contributed by atoms with van der Waals surface area (Å²) < 4.78 is 0. The molecule has 4 rings (SSSR count). The van der Waals surface area contributed by atoms with Crippen LogP contribution < -0.4 is 5.32 Å². The molecule has 0 aliphatic heterocycles. The van der Waals surface area contributed by atoms with Gasteiger partial charge in [-0.2, -0.15) is 0 Å². The van der Waals surface area contributed by atoms with Crippen LogP contribution in [0.4, 0.5) is 5.13 Å². The normalized spacial score (nSPS) is 26.8. The molecule has 25 heavy (non-hydrogen) atoms. The lowest BCUT2D eigenvalue weighted by Gasteiger charge is -2.23. The van der Waals surface area contributed by atoms with E-state index in [0.29, 0.717) is 5.13 Å². The molecule has 2 aliphatic rings. The molecule has 0 spiro atoms. The number of carbonyl (C=O) groups excluding carboxylic acids is 1. The lowest BCUT2D eigenvalue weighted by molar-refractivity contribution is -0.146. The van der Waals surface area contributed by atoms with Gasteiger partial charge in [0.25, 0.3) is 0 Å². The first-order valence-corrected chi connectivity index (χ1v) is 9.11. The molecule has 1 amide bonds. The standard InChI is InChI=1S/C19H18N2O3S/c1-10-16(11-5-3-2-4-6-11)20-19(25-10)21-17(22)14-12-7-8-13(9-12)15(14)18(23)24/h2-8,12-15H,9H2,1H3,(H,23,24)(H,20,21,22)/t12-,13+,14+,15+/m1/s1. The molecule has 1 saturated carbocycles. The van der Waals surface area contributed by atoms with Crippen molar-refractivity contribution < 1.29 is 14.7 Å².